The number of rotatable bonds is 2. The van der Waals surface area contributed by atoms with Crippen LogP contribution in [0.2, 0.25) is 0 Å². The second-order valence-electron chi connectivity index (χ2n) is 5.06. The molecule has 0 aliphatic rings. The molecule has 0 amide bonds. The summed E-state index contributed by atoms with van der Waals surface area (Å²) < 4.78 is 2.28. The van der Waals surface area contributed by atoms with Crippen molar-refractivity contribution in [2.75, 3.05) is 0 Å². The molecule has 0 unspecified atom stereocenters. The van der Waals surface area contributed by atoms with Gasteiger partial charge < -0.3 is 0 Å². The third-order valence-electron chi connectivity index (χ3n) is 3.56. The SMILES string of the molecule is Cc1cc(-c2ccccc2)cc(C)[n+]1-c1ccccc1. The van der Waals surface area contributed by atoms with Crippen molar-refractivity contribution in [3.8, 4) is 16.8 Å². The molecule has 1 nitrogen and oxygen atoms in total. The Bertz CT molecular complexity index is 692. The molecule has 0 N–H and O–H groups in total. The monoisotopic (exact) mass is 260 g/mol. The first-order chi connectivity index (χ1) is 9.75. The smallest absolute Gasteiger partial charge is 0.162 e. The van der Waals surface area contributed by atoms with Gasteiger partial charge in [0, 0.05) is 38.1 Å². The van der Waals surface area contributed by atoms with Gasteiger partial charge in [-0.05, 0) is 11.1 Å². The molecule has 0 aliphatic carbocycles. The summed E-state index contributed by atoms with van der Waals surface area (Å²) in [6, 6.07) is 25.5. The van der Waals surface area contributed by atoms with Gasteiger partial charge in [-0.1, -0.05) is 48.5 Å². The summed E-state index contributed by atoms with van der Waals surface area (Å²) in [4.78, 5) is 0. The maximum atomic E-state index is 2.28. The van der Waals surface area contributed by atoms with Gasteiger partial charge in [-0.25, -0.2) is 0 Å². The van der Waals surface area contributed by atoms with E-state index in [4.69, 9.17) is 0 Å². The maximum absolute atomic E-state index is 2.28. The highest BCUT2D eigenvalue weighted by molar-refractivity contribution is 5.63. The van der Waals surface area contributed by atoms with Gasteiger partial charge >= 0.3 is 0 Å². The maximum Gasteiger partial charge on any atom is 0.211 e. The summed E-state index contributed by atoms with van der Waals surface area (Å²) in [6.45, 7) is 4.32. The summed E-state index contributed by atoms with van der Waals surface area (Å²) in [7, 11) is 0. The Kier molecular flexibility index (Phi) is 3.34. The Morgan fingerprint density at radius 1 is 0.600 bits per heavy atom. The molecule has 3 aromatic rings. The van der Waals surface area contributed by atoms with Crippen LogP contribution in [0.4, 0.5) is 0 Å². The van der Waals surface area contributed by atoms with Crippen molar-refractivity contribution < 1.29 is 4.57 Å². The minimum atomic E-state index is 1.21. The topological polar surface area (TPSA) is 3.88 Å². The van der Waals surface area contributed by atoms with Gasteiger partial charge in [0.1, 0.15) is 0 Å². The highest BCUT2D eigenvalue weighted by Gasteiger charge is 2.15. The van der Waals surface area contributed by atoms with Gasteiger partial charge in [0.25, 0.3) is 0 Å². The largest absolute Gasteiger partial charge is 0.211 e. The average molecular weight is 260 g/mol. The van der Waals surface area contributed by atoms with Crippen molar-refractivity contribution >= 4 is 0 Å². The number of benzene rings is 2. The second kappa shape index (κ2) is 5.30. The predicted molar refractivity (Wildman–Crippen MR) is 82.9 cm³/mol. The molecular formula is C19H18N+. The van der Waals surface area contributed by atoms with Crippen LogP contribution in [0.25, 0.3) is 16.8 Å². The third kappa shape index (κ3) is 2.35. The lowest BCUT2D eigenvalue weighted by molar-refractivity contribution is -0.609. The van der Waals surface area contributed by atoms with E-state index in [2.05, 4.69) is 85.1 Å². The summed E-state index contributed by atoms with van der Waals surface area (Å²) in [5.41, 5.74) is 6.24. The van der Waals surface area contributed by atoms with E-state index in [1.54, 1.807) is 0 Å². The molecule has 0 spiro atoms. The van der Waals surface area contributed by atoms with E-state index in [1.807, 2.05) is 6.07 Å². The fourth-order valence-corrected chi connectivity index (χ4v) is 2.68. The van der Waals surface area contributed by atoms with Crippen molar-refractivity contribution in [3.63, 3.8) is 0 Å². The van der Waals surface area contributed by atoms with E-state index in [1.165, 1.54) is 28.2 Å². The molecule has 98 valence electrons. The Balaban J connectivity index is 2.13. The van der Waals surface area contributed by atoms with Crippen molar-refractivity contribution in [3.05, 3.63) is 84.2 Å². The van der Waals surface area contributed by atoms with Crippen LogP contribution in [-0.2, 0) is 0 Å². The highest BCUT2D eigenvalue weighted by Crippen LogP contribution is 2.20. The molecule has 1 heterocycles. The number of aryl methyl sites for hydroxylation is 2. The van der Waals surface area contributed by atoms with Crippen molar-refractivity contribution in [2.45, 2.75) is 13.8 Å². The molecule has 0 fully saturated rings. The van der Waals surface area contributed by atoms with E-state index >= 15 is 0 Å². The third-order valence-corrected chi connectivity index (χ3v) is 3.56. The lowest BCUT2D eigenvalue weighted by Gasteiger charge is -2.07. The van der Waals surface area contributed by atoms with Crippen LogP contribution < -0.4 is 4.57 Å². The van der Waals surface area contributed by atoms with Crippen LogP contribution in [0.3, 0.4) is 0 Å². The lowest BCUT2D eigenvalue weighted by atomic mass is 10.0. The average Bonchev–Trinajstić information content (AvgIpc) is 2.48. The van der Waals surface area contributed by atoms with Crippen LogP contribution in [0.5, 0.6) is 0 Å². The van der Waals surface area contributed by atoms with Gasteiger partial charge in [0.2, 0.25) is 5.69 Å². The van der Waals surface area contributed by atoms with Gasteiger partial charge in [-0.15, -0.1) is 0 Å². The van der Waals surface area contributed by atoms with Crippen molar-refractivity contribution in [1.82, 2.24) is 0 Å². The van der Waals surface area contributed by atoms with E-state index in [-0.39, 0.29) is 0 Å². The molecule has 0 bridgehead atoms. The van der Waals surface area contributed by atoms with Gasteiger partial charge in [0.15, 0.2) is 11.4 Å². The number of hydrogen-bond acceptors (Lipinski definition) is 0. The van der Waals surface area contributed by atoms with Crippen molar-refractivity contribution in [1.29, 1.82) is 0 Å². The Hall–Kier alpha value is -2.41. The highest BCUT2D eigenvalue weighted by atomic mass is 15.0. The molecule has 0 aliphatic heterocycles. The number of aromatic nitrogens is 1. The quantitative estimate of drug-likeness (QED) is 0.607. The summed E-state index contributed by atoms with van der Waals surface area (Å²) in [5, 5.41) is 0. The van der Waals surface area contributed by atoms with E-state index in [0.717, 1.165) is 0 Å². The Labute approximate surface area is 120 Å². The molecule has 20 heavy (non-hydrogen) atoms. The Morgan fingerprint density at radius 3 is 1.65 bits per heavy atom. The number of pyridine rings is 1. The minimum Gasteiger partial charge on any atom is -0.162 e. The zero-order chi connectivity index (χ0) is 13.9. The van der Waals surface area contributed by atoms with Gasteiger partial charge in [0.05, 0.1) is 0 Å². The molecule has 0 atom stereocenters. The standard InChI is InChI=1S/C19H18N/c1-15-13-18(17-9-5-3-6-10-17)14-16(2)20(15)19-11-7-4-8-12-19/h3-14H,1-2H3/q+1. The van der Waals surface area contributed by atoms with E-state index < -0.39 is 0 Å². The molecule has 2 aromatic carbocycles. The molecule has 1 aromatic heterocycles. The van der Waals surface area contributed by atoms with E-state index in [0.29, 0.717) is 0 Å². The zero-order valence-corrected chi connectivity index (χ0v) is 11.9. The van der Waals surface area contributed by atoms with Gasteiger partial charge in [-0.3, -0.25) is 0 Å². The predicted octanol–water partition coefficient (Wildman–Crippen LogP) is 4.25. The van der Waals surface area contributed by atoms with Crippen LogP contribution >= 0.6 is 0 Å². The van der Waals surface area contributed by atoms with Crippen LogP contribution in [0.15, 0.2) is 72.8 Å². The summed E-state index contributed by atoms with van der Waals surface area (Å²) >= 11 is 0. The molecule has 3 rings (SSSR count). The van der Waals surface area contributed by atoms with Crippen LogP contribution in [0.1, 0.15) is 11.4 Å². The first kappa shape index (κ1) is 12.6. The normalized spacial score (nSPS) is 10.5. The first-order valence-corrected chi connectivity index (χ1v) is 6.90. The van der Waals surface area contributed by atoms with Crippen LogP contribution in [0, 0.1) is 13.8 Å². The number of hydrogen-bond donors (Lipinski definition) is 0. The number of para-hydroxylation sites is 1. The lowest BCUT2D eigenvalue weighted by Crippen LogP contribution is -2.37. The van der Waals surface area contributed by atoms with Crippen LogP contribution in [-0.4, -0.2) is 0 Å². The van der Waals surface area contributed by atoms with Crippen molar-refractivity contribution in [2.24, 2.45) is 0 Å². The zero-order valence-electron chi connectivity index (χ0n) is 11.9. The summed E-state index contributed by atoms with van der Waals surface area (Å²) in [6.07, 6.45) is 0. The fourth-order valence-electron chi connectivity index (χ4n) is 2.68. The molecule has 1 heteroatoms. The fraction of sp³-hybridized carbons (Fsp3) is 0.105. The molecular weight excluding hydrogens is 242 g/mol. The Morgan fingerprint density at radius 2 is 1.10 bits per heavy atom. The first-order valence-electron chi connectivity index (χ1n) is 6.90. The second-order valence-corrected chi connectivity index (χ2v) is 5.06. The summed E-state index contributed by atoms with van der Waals surface area (Å²) in [5.74, 6) is 0. The minimum absolute atomic E-state index is 1.21. The molecule has 0 radical (unpaired) electrons. The van der Waals surface area contributed by atoms with Gasteiger partial charge in [-0.2, -0.15) is 4.57 Å². The molecule has 0 saturated carbocycles. The number of nitrogens with zero attached hydrogens (tertiary/aromatic N) is 1. The van der Waals surface area contributed by atoms with E-state index in [9.17, 15) is 0 Å². The molecule has 0 saturated heterocycles.